The van der Waals surface area contributed by atoms with E-state index in [1.807, 2.05) is 18.2 Å². The first kappa shape index (κ1) is 17.7. The van der Waals surface area contributed by atoms with Crippen molar-refractivity contribution in [2.75, 3.05) is 28.4 Å². The van der Waals surface area contributed by atoms with Crippen LogP contribution in [0, 0.1) is 0 Å². The number of aromatic nitrogens is 1. The zero-order chi connectivity index (χ0) is 18.7. The number of ether oxygens (including phenoxy) is 4. The van der Waals surface area contributed by atoms with Crippen LogP contribution in [0.5, 0.6) is 28.7 Å². The van der Waals surface area contributed by atoms with Crippen molar-refractivity contribution < 1.29 is 24.1 Å². The minimum Gasteiger partial charge on any atom is -0.508 e. The molecule has 1 N–H and O–H groups in total. The van der Waals surface area contributed by atoms with Gasteiger partial charge in [0.2, 0.25) is 0 Å². The minimum atomic E-state index is 0.127. The highest BCUT2D eigenvalue weighted by Gasteiger charge is 2.14. The molecule has 0 aliphatic carbocycles. The number of pyridine rings is 1. The third-order valence-corrected chi connectivity index (χ3v) is 4.29. The van der Waals surface area contributed by atoms with E-state index in [0.29, 0.717) is 35.0 Å². The van der Waals surface area contributed by atoms with Crippen LogP contribution in [0.2, 0.25) is 0 Å². The van der Waals surface area contributed by atoms with Crippen LogP contribution < -0.4 is 18.9 Å². The normalized spacial score (nSPS) is 10.6. The molecule has 0 spiro atoms. The molecule has 0 aliphatic heterocycles. The average Bonchev–Trinajstić information content (AvgIpc) is 2.68. The summed E-state index contributed by atoms with van der Waals surface area (Å²) < 4.78 is 21.3. The van der Waals surface area contributed by atoms with Gasteiger partial charge in [0.25, 0.3) is 0 Å². The van der Waals surface area contributed by atoms with Crippen LogP contribution in [0.4, 0.5) is 0 Å². The second-order valence-electron chi connectivity index (χ2n) is 5.70. The predicted molar refractivity (Wildman–Crippen MR) is 98.9 cm³/mol. The van der Waals surface area contributed by atoms with E-state index in [1.165, 1.54) is 7.11 Å². The van der Waals surface area contributed by atoms with Crippen LogP contribution in [-0.2, 0) is 6.42 Å². The van der Waals surface area contributed by atoms with Gasteiger partial charge in [-0.25, -0.2) is 0 Å². The number of hydrogen-bond donors (Lipinski definition) is 1. The molecule has 0 unspecified atom stereocenters. The fraction of sp³-hybridized carbons (Fsp3) is 0.250. The number of phenols is 1. The molecule has 6 heteroatoms. The van der Waals surface area contributed by atoms with Gasteiger partial charge in [0.15, 0.2) is 23.0 Å². The summed E-state index contributed by atoms with van der Waals surface area (Å²) >= 11 is 0. The summed E-state index contributed by atoms with van der Waals surface area (Å²) in [5.41, 5.74) is 1.50. The number of rotatable bonds is 6. The topological polar surface area (TPSA) is 70.0 Å². The van der Waals surface area contributed by atoms with Crippen molar-refractivity contribution in [2.45, 2.75) is 6.42 Å². The van der Waals surface area contributed by atoms with Crippen molar-refractivity contribution in [1.29, 1.82) is 0 Å². The largest absolute Gasteiger partial charge is 0.508 e. The van der Waals surface area contributed by atoms with E-state index in [9.17, 15) is 5.11 Å². The van der Waals surface area contributed by atoms with Gasteiger partial charge in [0.05, 0.1) is 34.1 Å². The lowest BCUT2D eigenvalue weighted by atomic mass is 10.0. The van der Waals surface area contributed by atoms with E-state index >= 15 is 0 Å². The molecule has 2 aromatic carbocycles. The third-order valence-electron chi connectivity index (χ3n) is 4.29. The summed E-state index contributed by atoms with van der Waals surface area (Å²) in [7, 11) is 6.29. The lowest BCUT2D eigenvalue weighted by molar-refractivity contribution is 0.350. The monoisotopic (exact) mass is 355 g/mol. The fourth-order valence-electron chi connectivity index (χ4n) is 2.93. The summed E-state index contributed by atoms with van der Waals surface area (Å²) in [5.74, 6) is 2.45. The van der Waals surface area contributed by atoms with Gasteiger partial charge in [-0.05, 0) is 29.7 Å². The van der Waals surface area contributed by atoms with Crippen LogP contribution in [0.3, 0.4) is 0 Å². The van der Waals surface area contributed by atoms with E-state index in [-0.39, 0.29) is 5.75 Å². The van der Waals surface area contributed by atoms with Gasteiger partial charge in [-0.2, -0.15) is 0 Å². The molecule has 1 heterocycles. The Morgan fingerprint density at radius 3 is 2.04 bits per heavy atom. The van der Waals surface area contributed by atoms with E-state index in [2.05, 4.69) is 4.98 Å². The van der Waals surface area contributed by atoms with E-state index in [1.54, 1.807) is 39.7 Å². The quantitative estimate of drug-likeness (QED) is 0.729. The molecule has 0 amide bonds. The molecule has 0 saturated carbocycles. The molecule has 0 aliphatic rings. The van der Waals surface area contributed by atoms with Gasteiger partial charge in [-0.1, -0.05) is 0 Å². The first-order valence-corrected chi connectivity index (χ1v) is 8.04. The molecule has 3 aromatic rings. The predicted octanol–water partition coefficient (Wildman–Crippen LogP) is 3.57. The number of phenolic OH excluding ortho intramolecular Hbond substituents is 1. The Labute approximate surface area is 151 Å². The summed E-state index contributed by atoms with van der Waals surface area (Å²) in [6, 6.07) is 9.02. The highest BCUT2D eigenvalue weighted by molar-refractivity contribution is 5.88. The van der Waals surface area contributed by atoms with Crippen molar-refractivity contribution in [2.24, 2.45) is 0 Å². The fourth-order valence-corrected chi connectivity index (χ4v) is 2.93. The Bertz CT molecular complexity index is 939. The van der Waals surface area contributed by atoms with Crippen LogP contribution in [0.1, 0.15) is 11.3 Å². The molecule has 0 radical (unpaired) electrons. The van der Waals surface area contributed by atoms with Crippen molar-refractivity contribution in [3.63, 3.8) is 0 Å². The lowest BCUT2D eigenvalue weighted by Crippen LogP contribution is -1.98. The molecule has 0 atom stereocenters. The van der Waals surface area contributed by atoms with E-state index in [0.717, 1.165) is 16.5 Å². The second-order valence-corrected chi connectivity index (χ2v) is 5.70. The highest BCUT2D eigenvalue weighted by Crippen LogP contribution is 2.37. The molecule has 26 heavy (non-hydrogen) atoms. The van der Waals surface area contributed by atoms with Crippen LogP contribution in [0.15, 0.2) is 36.5 Å². The highest BCUT2D eigenvalue weighted by atomic mass is 16.5. The van der Waals surface area contributed by atoms with Gasteiger partial charge >= 0.3 is 0 Å². The Morgan fingerprint density at radius 1 is 0.808 bits per heavy atom. The smallest absolute Gasteiger partial charge is 0.164 e. The molecule has 6 nitrogen and oxygen atoms in total. The Hall–Kier alpha value is -3.15. The van der Waals surface area contributed by atoms with Crippen molar-refractivity contribution in [3.8, 4) is 28.7 Å². The Morgan fingerprint density at radius 2 is 1.38 bits per heavy atom. The minimum absolute atomic E-state index is 0.127. The zero-order valence-corrected chi connectivity index (χ0v) is 15.2. The molecular formula is C20H21NO5. The van der Waals surface area contributed by atoms with Crippen molar-refractivity contribution in [3.05, 3.63) is 47.8 Å². The van der Waals surface area contributed by atoms with Gasteiger partial charge in [0, 0.05) is 29.6 Å². The summed E-state index contributed by atoms with van der Waals surface area (Å²) in [4.78, 5) is 4.49. The first-order valence-electron chi connectivity index (χ1n) is 8.04. The number of methoxy groups -OCH3 is 4. The third kappa shape index (κ3) is 3.18. The molecule has 0 saturated heterocycles. The van der Waals surface area contributed by atoms with E-state index < -0.39 is 0 Å². The van der Waals surface area contributed by atoms with Crippen molar-refractivity contribution >= 4 is 10.8 Å². The SMILES string of the molecule is COc1cc(O)c(Cc2nccc3cc(OC)c(OC)cc23)cc1OC. The number of fused-ring (bicyclic) bond motifs is 1. The maximum absolute atomic E-state index is 10.4. The number of hydrogen-bond acceptors (Lipinski definition) is 6. The molecule has 0 bridgehead atoms. The Kier molecular flexibility index (Phi) is 5.02. The maximum Gasteiger partial charge on any atom is 0.164 e. The van der Waals surface area contributed by atoms with Crippen LogP contribution in [-0.4, -0.2) is 38.5 Å². The molecule has 136 valence electrons. The standard InChI is InChI=1S/C20H21NO5/c1-23-17-8-12-5-6-21-15(14(12)10-19(17)25-3)7-13-9-18(24-2)20(26-4)11-16(13)22/h5-6,8-11,22H,7H2,1-4H3. The van der Waals surface area contributed by atoms with Crippen molar-refractivity contribution in [1.82, 2.24) is 4.98 Å². The number of benzene rings is 2. The van der Waals surface area contributed by atoms with Gasteiger partial charge in [-0.15, -0.1) is 0 Å². The molecule has 0 fully saturated rings. The van der Waals surface area contributed by atoms with E-state index in [4.69, 9.17) is 18.9 Å². The van der Waals surface area contributed by atoms with Gasteiger partial charge in [-0.3, -0.25) is 4.98 Å². The lowest BCUT2D eigenvalue weighted by Gasteiger charge is -2.14. The summed E-state index contributed by atoms with van der Waals surface area (Å²) in [5, 5.41) is 12.3. The molecule has 3 rings (SSSR count). The summed E-state index contributed by atoms with van der Waals surface area (Å²) in [6.45, 7) is 0. The molecule has 1 aromatic heterocycles. The van der Waals surface area contributed by atoms with Gasteiger partial charge in [0.1, 0.15) is 5.75 Å². The Balaban J connectivity index is 2.09. The van der Waals surface area contributed by atoms with Crippen LogP contribution >= 0.6 is 0 Å². The number of nitrogens with zero attached hydrogens (tertiary/aromatic N) is 1. The molecular weight excluding hydrogens is 334 g/mol. The second kappa shape index (κ2) is 7.39. The number of aromatic hydroxyl groups is 1. The van der Waals surface area contributed by atoms with Crippen LogP contribution in [0.25, 0.3) is 10.8 Å². The first-order chi connectivity index (χ1) is 12.6. The maximum atomic E-state index is 10.4. The van der Waals surface area contributed by atoms with Gasteiger partial charge < -0.3 is 24.1 Å². The zero-order valence-electron chi connectivity index (χ0n) is 15.2. The average molecular weight is 355 g/mol. The summed E-state index contributed by atoms with van der Waals surface area (Å²) in [6.07, 6.45) is 2.17.